The van der Waals surface area contributed by atoms with Gasteiger partial charge < -0.3 is 43.4 Å². The van der Waals surface area contributed by atoms with Crippen molar-refractivity contribution in [3.8, 4) is 40.2 Å². The van der Waals surface area contributed by atoms with E-state index in [4.69, 9.17) is 33.2 Å². The summed E-state index contributed by atoms with van der Waals surface area (Å²) in [5, 5.41) is 2.99. The number of methoxy groups -OCH3 is 7. The molecule has 1 aliphatic heterocycles. The number of rotatable bonds is 10. The Hall–Kier alpha value is -4.80. The lowest BCUT2D eigenvalue weighted by atomic mass is 9.79. The van der Waals surface area contributed by atoms with Crippen LogP contribution in [0.4, 0.5) is 5.69 Å². The topological polar surface area (TPSA) is 114 Å². The number of nitrogens with zero attached hydrogens (tertiary/aromatic N) is 1. The molecule has 11 heteroatoms. The van der Waals surface area contributed by atoms with Crippen LogP contribution in [0, 0.1) is 0 Å². The van der Waals surface area contributed by atoms with Crippen LogP contribution in [-0.4, -0.2) is 73.5 Å². The number of hydrogen-bond donors (Lipinski definition) is 1. The number of anilines is 1. The van der Waals surface area contributed by atoms with Crippen LogP contribution in [0.3, 0.4) is 0 Å². The number of benzene rings is 3. The Labute approximate surface area is 238 Å². The standard InChI is InChI=1S/C30H34N2O9/c1-32-27(16-9-10-20(35-2)21(11-16)36-3)26(18-14-22(37-4)23(38-5)15-19(18)30(32)34)29(33)31-17-12-24(39-6)28(41-8)25(13-17)40-7/h9-15,26-27H,1-8H3,(H,31,33)/t26-,27+/m0/s1. The SMILES string of the molecule is COc1ccc([C@@H]2[C@@H](C(=O)Nc3cc(OC)c(OC)c(OC)c3)c3cc(OC)c(OC)cc3C(=O)N2C)cc1OC. The summed E-state index contributed by atoms with van der Waals surface area (Å²) in [6.07, 6.45) is 0. The molecule has 3 aromatic carbocycles. The Kier molecular flexibility index (Phi) is 8.65. The second-order valence-corrected chi connectivity index (χ2v) is 9.15. The lowest BCUT2D eigenvalue weighted by Gasteiger charge is -2.40. The number of hydrogen-bond acceptors (Lipinski definition) is 9. The molecule has 4 rings (SSSR count). The number of likely N-dealkylation sites (N-methyl/N-ethyl adjacent to an activating group) is 1. The second-order valence-electron chi connectivity index (χ2n) is 9.15. The Morgan fingerprint density at radius 2 is 1.22 bits per heavy atom. The van der Waals surface area contributed by atoms with Crippen LogP contribution in [0.5, 0.6) is 40.2 Å². The van der Waals surface area contributed by atoms with Crippen molar-refractivity contribution in [1.29, 1.82) is 0 Å². The van der Waals surface area contributed by atoms with Crippen LogP contribution < -0.4 is 38.5 Å². The van der Waals surface area contributed by atoms with Crippen LogP contribution in [0.15, 0.2) is 42.5 Å². The third-order valence-corrected chi connectivity index (χ3v) is 7.14. The smallest absolute Gasteiger partial charge is 0.254 e. The van der Waals surface area contributed by atoms with Crippen molar-refractivity contribution in [3.63, 3.8) is 0 Å². The molecule has 2 atom stereocenters. The van der Waals surface area contributed by atoms with E-state index in [2.05, 4.69) is 5.32 Å². The van der Waals surface area contributed by atoms with Gasteiger partial charge >= 0.3 is 0 Å². The lowest BCUT2D eigenvalue weighted by molar-refractivity contribution is -0.119. The number of carbonyl (C=O) groups excluding carboxylic acids is 2. The van der Waals surface area contributed by atoms with Crippen LogP contribution >= 0.6 is 0 Å². The van der Waals surface area contributed by atoms with Crippen LogP contribution in [-0.2, 0) is 4.79 Å². The van der Waals surface area contributed by atoms with Gasteiger partial charge in [-0.2, -0.15) is 0 Å². The van der Waals surface area contributed by atoms with Crippen molar-refractivity contribution in [2.75, 3.05) is 62.1 Å². The third kappa shape index (κ3) is 5.22. The van der Waals surface area contributed by atoms with Crippen LogP contribution in [0.25, 0.3) is 0 Å². The quantitative estimate of drug-likeness (QED) is 0.384. The van der Waals surface area contributed by atoms with Crippen LogP contribution in [0.2, 0.25) is 0 Å². The van der Waals surface area contributed by atoms with Gasteiger partial charge in [-0.25, -0.2) is 0 Å². The molecule has 0 fully saturated rings. The minimum atomic E-state index is -0.871. The molecule has 0 unspecified atom stereocenters. The first-order valence-corrected chi connectivity index (χ1v) is 12.6. The molecule has 1 aliphatic rings. The molecule has 0 spiro atoms. The van der Waals surface area contributed by atoms with E-state index in [1.165, 1.54) is 54.7 Å². The molecule has 1 N–H and O–H groups in total. The van der Waals surface area contributed by atoms with Gasteiger partial charge in [0.2, 0.25) is 11.7 Å². The predicted octanol–water partition coefficient (Wildman–Crippen LogP) is 4.30. The summed E-state index contributed by atoms with van der Waals surface area (Å²) < 4.78 is 38.3. The summed E-state index contributed by atoms with van der Waals surface area (Å²) in [5.41, 5.74) is 1.89. The van der Waals surface area contributed by atoms with Gasteiger partial charge in [0.05, 0.1) is 61.7 Å². The number of amides is 2. The first-order chi connectivity index (χ1) is 19.8. The van der Waals surface area contributed by atoms with E-state index in [-0.39, 0.29) is 11.8 Å². The molecule has 0 bridgehead atoms. The summed E-state index contributed by atoms with van der Waals surface area (Å²) >= 11 is 0. The largest absolute Gasteiger partial charge is 0.493 e. The monoisotopic (exact) mass is 566 g/mol. The highest BCUT2D eigenvalue weighted by molar-refractivity contribution is 6.05. The van der Waals surface area contributed by atoms with E-state index in [1.807, 2.05) is 0 Å². The van der Waals surface area contributed by atoms with E-state index in [0.29, 0.717) is 62.6 Å². The highest BCUT2D eigenvalue weighted by Crippen LogP contribution is 2.48. The number of fused-ring (bicyclic) bond motifs is 1. The van der Waals surface area contributed by atoms with Crippen molar-refractivity contribution in [3.05, 3.63) is 59.2 Å². The molecule has 0 saturated carbocycles. The molecule has 0 radical (unpaired) electrons. The fourth-order valence-corrected chi connectivity index (χ4v) is 5.16. The van der Waals surface area contributed by atoms with Gasteiger partial charge in [-0.05, 0) is 35.4 Å². The minimum absolute atomic E-state index is 0.280. The van der Waals surface area contributed by atoms with Crippen molar-refractivity contribution in [1.82, 2.24) is 4.90 Å². The van der Waals surface area contributed by atoms with Crippen molar-refractivity contribution >= 4 is 17.5 Å². The van der Waals surface area contributed by atoms with Crippen molar-refractivity contribution in [2.45, 2.75) is 12.0 Å². The second kappa shape index (κ2) is 12.2. The van der Waals surface area contributed by atoms with Gasteiger partial charge in [-0.1, -0.05) is 6.07 Å². The zero-order valence-electron chi connectivity index (χ0n) is 24.3. The predicted molar refractivity (Wildman–Crippen MR) is 151 cm³/mol. The van der Waals surface area contributed by atoms with Gasteiger partial charge in [0.1, 0.15) is 0 Å². The molecule has 0 aliphatic carbocycles. The highest BCUT2D eigenvalue weighted by atomic mass is 16.5. The summed E-state index contributed by atoms with van der Waals surface area (Å²) in [6, 6.07) is 11.1. The zero-order chi connectivity index (χ0) is 29.8. The molecular formula is C30H34N2O9. The Morgan fingerprint density at radius 3 is 1.76 bits per heavy atom. The van der Waals surface area contributed by atoms with Gasteiger partial charge in [0.25, 0.3) is 5.91 Å². The average Bonchev–Trinajstić information content (AvgIpc) is 3.00. The third-order valence-electron chi connectivity index (χ3n) is 7.14. The zero-order valence-corrected chi connectivity index (χ0v) is 24.3. The molecule has 0 saturated heterocycles. The van der Waals surface area contributed by atoms with Crippen LogP contribution in [0.1, 0.15) is 33.4 Å². The Morgan fingerprint density at radius 1 is 0.683 bits per heavy atom. The molecule has 1 heterocycles. The van der Waals surface area contributed by atoms with Gasteiger partial charge in [0, 0.05) is 30.4 Å². The Balaban J connectivity index is 1.90. The van der Waals surface area contributed by atoms with E-state index >= 15 is 0 Å². The number of nitrogens with one attached hydrogen (secondary N) is 1. The van der Waals surface area contributed by atoms with Gasteiger partial charge in [-0.15, -0.1) is 0 Å². The highest BCUT2D eigenvalue weighted by Gasteiger charge is 2.44. The normalized spacial score (nSPS) is 15.9. The molecule has 2 amide bonds. The summed E-state index contributed by atoms with van der Waals surface area (Å²) in [6.45, 7) is 0. The number of ether oxygens (including phenoxy) is 7. The fraction of sp³-hybridized carbons (Fsp3) is 0.333. The van der Waals surface area contributed by atoms with E-state index in [1.54, 1.807) is 49.5 Å². The number of carbonyl (C=O) groups is 2. The van der Waals surface area contributed by atoms with Gasteiger partial charge in [0.15, 0.2) is 34.5 Å². The van der Waals surface area contributed by atoms with E-state index in [0.717, 1.165) is 0 Å². The average molecular weight is 567 g/mol. The Bertz CT molecular complexity index is 1430. The maximum atomic E-state index is 14.3. The maximum absolute atomic E-state index is 14.3. The minimum Gasteiger partial charge on any atom is -0.493 e. The van der Waals surface area contributed by atoms with Crippen molar-refractivity contribution in [2.24, 2.45) is 0 Å². The first-order valence-electron chi connectivity index (χ1n) is 12.6. The lowest BCUT2D eigenvalue weighted by Crippen LogP contribution is -2.44. The first kappa shape index (κ1) is 29.2. The molecule has 41 heavy (non-hydrogen) atoms. The molecule has 3 aromatic rings. The maximum Gasteiger partial charge on any atom is 0.254 e. The summed E-state index contributed by atoms with van der Waals surface area (Å²) in [4.78, 5) is 29.5. The molecule has 11 nitrogen and oxygen atoms in total. The fourth-order valence-electron chi connectivity index (χ4n) is 5.16. The van der Waals surface area contributed by atoms with Crippen molar-refractivity contribution < 1.29 is 42.7 Å². The van der Waals surface area contributed by atoms with E-state index < -0.39 is 12.0 Å². The molecular weight excluding hydrogens is 532 g/mol. The van der Waals surface area contributed by atoms with E-state index in [9.17, 15) is 9.59 Å². The molecule has 218 valence electrons. The summed E-state index contributed by atoms with van der Waals surface area (Å²) in [5.74, 6) is 1.36. The summed E-state index contributed by atoms with van der Waals surface area (Å²) in [7, 11) is 12.2. The molecule has 0 aromatic heterocycles. The van der Waals surface area contributed by atoms with Gasteiger partial charge in [-0.3, -0.25) is 9.59 Å².